The van der Waals surface area contributed by atoms with Gasteiger partial charge in [-0.2, -0.15) is 0 Å². The normalized spacial score (nSPS) is 12.6. The summed E-state index contributed by atoms with van der Waals surface area (Å²) in [5, 5.41) is 1.29. The predicted molar refractivity (Wildman–Crippen MR) is 135 cm³/mol. The van der Waals surface area contributed by atoms with Crippen LogP contribution in [0.5, 0.6) is 0 Å². The van der Waals surface area contributed by atoms with E-state index in [1.165, 1.54) is 33.3 Å². The van der Waals surface area contributed by atoms with Crippen molar-refractivity contribution in [3.05, 3.63) is 114 Å². The van der Waals surface area contributed by atoms with Gasteiger partial charge in [-0.05, 0) is 41.5 Å². The largest absolute Gasteiger partial charge is 0.436 e. The molecule has 1 aliphatic heterocycles. The quantitative estimate of drug-likeness (QED) is 0.292. The van der Waals surface area contributed by atoms with E-state index >= 15 is 0 Å². The minimum Gasteiger partial charge on any atom is -0.436 e. The number of hydrogen-bond acceptors (Lipinski definition) is 2. The first-order valence-electron chi connectivity index (χ1n) is 11.2. The Bertz CT molecular complexity index is 1650. The molecule has 0 unspecified atom stereocenters. The summed E-state index contributed by atoms with van der Waals surface area (Å²) in [5.74, 6) is 0.652. The van der Waals surface area contributed by atoms with Crippen LogP contribution < -0.4 is 0 Å². The molecule has 156 valence electrons. The van der Waals surface area contributed by atoms with Crippen molar-refractivity contribution < 1.29 is 4.42 Å². The van der Waals surface area contributed by atoms with Gasteiger partial charge in [0.2, 0.25) is 5.89 Å². The highest BCUT2D eigenvalue weighted by molar-refractivity contribution is 6.01. The van der Waals surface area contributed by atoms with Crippen LogP contribution in [0, 0.1) is 0 Å². The molecule has 0 fully saturated rings. The molecule has 33 heavy (non-hydrogen) atoms. The van der Waals surface area contributed by atoms with Crippen molar-refractivity contribution in [1.82, 2.24) is 9.55 Å². The number of aromatic nitrogens is 2. The lowest BCUT2D eigenvalue weighted by Crippen LogP contribution is -1.91. The highest BCUT2D eigenvalue weighted by atomic mass is 16.3. The van der Waals surface area contributed by atoms with E-state index in [0.717, 1.165) is 28.8 Å². The fourth-order valence-electron chi connectivity index (χ4n) is 4.93. The maximum Gasteiger partial charge on any atom is 0.227 e. The smallest absolute Gasteiger partial charge is 0.227 e. The summed E-state index contributed by atoms with van der Waals surface area (Å²) in [6.07, 6.45) is 4.45. The van der Waals surface area contributed by atoms with E-state index in [9.17, 15) is 0 Å². The van der Waals surface area contributed by atoms with Gasteiger partial charge < -0.3 is 8.98 Å². The maximum absolute atomic E-state index is 5.91. The molecular formula is C30H20N2O. The van der Waals surface area contributed by atoms with E-state index in [1.54, 1.807) is 0 Å². The van der Waals surface area contributed by atoms with Crippen molar-refractivity contribution >= 4 is 34.2 Å². The predicted octanol–water partition coefficient (Wildman–Crippen LogP) is 7.65. The molecule has 0 saturated heterocycles. The Labute approximate surface area is 191 Å². The monoisotopic (exact) mass is 424 g/mol. The molecule has 0 amide bonds. The summed E-state index contributed by atoms with van der Waals surface area (Å²) in [4.78, 5) is 4.61. The Kier molecular flexibility index (Phi) is 3.91. The summed E-state index contributed by atoms with van der Waals surface area (Å²) < 4.78 is 8.35. The van der Waals surface area contributed by atoms with Crippen LogP contribution in [0.25, 0.3) is 56.9 Å². The van der Waals surface area contributed by atoms with Gasteiger partial charge in [0.05, 0.1) is 5.69 Å². The molecule has 3 heterocycles. The van der Waals surface area contributed by atoms with Crippen molar-refractivity contribution in [2.45, 2.75) is 6.54 Å². The second-order valence-corrected chi connectivity index (χ2v) is 8.46. The van der Waals surface area contributed by atoms with E-state index in [-0.39, 0.29) is 0 Å². The Morgan fingerprint density at radius 3 is 2.45 bits per heavy atom. The third kappa shape index (κ3) is 2.86. The summed E-state index contributed by atoms with van der Waals surface area (Å²) in [7, 11) is 0. The molecule has 6 aromatic rings. The van der Waals surface area contributed by atoms with Crippen molar-refractivity contribution in [3.63, 3.8) is 0 Å². The molecule has 0 atom stereocenters. The highest BCUT2D eigenvalue weighted by Gasteiger charge is 2.24. The molecule has 1 aliphatic rings. The first-order chi connectivity index (χ1) is 16.3. The number of para-hydroxylation sites is 3. The summed E-state index contributed by atoms with van der Waals surface area (Å²) in [6.45, 7) is 0.930. The van der Waals surface area contributed by atoms with E-state index in [4.69, 9.17) is 4.42 Å². The van der Waals surface area contributed by atoms with Crippen molar-refractivity contribution in [3.8, 4) is 22.7 Å². The van der Waals surface area contributed by atoms with Gasteiger partial charge >= 0.3 is 0 Å². The van der Waals surface area contributed by atoms with Crippen LogP contribution in [0.4, 0.5) is 0 Å². The van der Waals surface area contributed by atoms with Crippen LogP contribution in [0.2, 0.25) is 0 Å². The van der Waals surface area contributed by atoms with Crippen LogP contribution in [-0.4, -0.2) is 9.55 Å². The summed E-state index contributed by atoms with van der Waals surface area (Å²) in [5.41, 5.74) is 10.4. The maximum atomic E-state index is 5.91. The molecule has 2 aromatic heterocycles. The third-order valence-corrected chi connectivity index (χ3v) is 6.50. The minimum atomic E-state index is 0.652. The fourth-order valence-corrected chi connectivity index (χ4v) is 4.93. The first kappa shape index (κ1) is 18.2. The molecule has 0 saturated carbocycles. The minimum absolute atomic E-state index is 0.652. The van der Waals surface area contributed by atoms with Crippen LogP contribution in [-0.2, 0) is 6.54 Å². The number of oxazole rings is 1. The number of hydrogen-bond donors (Lipinski definition) is 0. The third-order valence-electron chi connectivity index (χ3n) is 6.50. The van der Waals surface area contributed by atoms with Crippen LogP contribution in [0.1, 0.15) is 16.7 Å². The molecular weight excluding hydrogens is 404 g/mol. The van der Waals surface area contributed by atoms with Gasteiger partial charge in [0.1, 0.15) is 5.52 Å². The summed E-state index contributed by atoms with van der Waals surface area (Å²) in [6, 6.07) is 33.6. The number of rotatable bonds is 3. The SMILES string of the molecule is C(=C\c1c2n(c3ccccc13)Cc1ccccc1-2)/c1ccc(-c2nc3ccccc3o2)cc1. The average molecular weight is 425 g/mol. The van der Waals surface area contributed by atoms with Gasteiger partial charge in [-0.1, -0.05) is 78.9 Å². The van der Waals surface area contributed by atoms with Gasteiger partial charge in [-0.15, -0.1) is 0 Å². The molecule has 0 aliphatic carbocycles. The molecule has 0 radical (unpaired) electrons. The zero-order valence-electron chi connectivity index (χ0n) is 17.9. The van der Waals surface area contributed by atoms with E-state index in [2.05, 4.69) is 94.5 Å². The highest BCUT2D eigenvalue weighted by Crippen LogP contribution is 2.41. The first-order valence-corrected chi connectivity index (χ1v) is 11.2. The van der Waals surface area contributed by atoms with Crippen LogP contribution in [0.3, 0.4) is 0 Å². The molecule has 3 nitrogen and oxygen atoms in total. The zero-order valence-corrected chi connectivity index (χ0v) is 17.9. The van der Waals surface area contributed by atoms with Crippen molar-refractivity contribution in [2.24, 2.45) is 0 Å². The number of benzene rings is 4. The van der Waals surface area contributed by atoms with Gasteiger partial charge in [0.15, 0.2) is 5.58 Å². The van der Waals surface area contributed by atoms with Crippen molar-refractivity contribution in [1.29, 1.82) is 0 Å². The number of nitrogens with zero attached hydrogens (tertiary/aromatic N) is 2. The standard InChI is InChI=1S/C30H20N2O/c1-2-8-23-22(7-1)19-32-27-11-5-3-9-24(27)25(29(23)32)18-15-20-13-16-21(17-14-20)30-31-26-10-4-6-12-28(26)33-30/h1-18H,19H2/b18-15+. The Morgan fingerprint density at radius 2 is 1.55 bits per heavy atom. The molecule has 4 aromatic carbocycles. The Hall–Kier alpha value is -4.37. The second kappa shape index (κ2) is 7.07. The zero-order chi connectivity index (χ0) is 21.8. The topological polar surface area (TPSA) is 31.0 Å². The molecule has 0 spiro atoms. The van der Waals surface area contributed by atoms with Crippen molar-refractivity contribution in [2.75, 3.05) is 0 Å². The van der Waals surface area contributed by atoms with Crippen LogP contribution in [0.15, 0.2) is 101 Å². The van der Waals surface area contributed by atoms with Crippen LogP contribution >= 0.6 is 0 Å². The van der Waals surface area contributed by atoms with Gasteiger partial charge in [-0.3, -0.25) is 0 Å². The lowest BCUT2D eigenvalue weighted by molar-refractivity contribution is 0.620. The fraction of sp³-hybridized carbons (Fsp3) is 0.0333. The van der Waals surface area contributed by atoms with Gasteiger partial charge in [0, 0.05) is 34.1 Å². The van der Waals surface area contributed by atoms with Gasteiger partial charge in [0.25, 0.3) is 0 Å². The van der Waals surface area contributed by atoms with E-state index in [0.29, 0.717) is 5.89 Å². The Balaban J connectivity index is 1.27. The number of fused-ring (bicyclic) bond motifs is 6. The lowest BCUT2D eigenvalue weighted by atomic mass is 10.0. The molecule has 3 heteroatoms. The van der Waals surface area contributed by atoms with Gasteiger partial charge in [-0.25, -0.2) is 4.98 Å². The lowest BCUT2D eigenvalue weighted by Gasteiger charge is -2.01. The second-order valence-electron chi connectivity index (χ2n) is 8.46. The molecule has 0 N–H and O–H groups in total. The van der Waals surface area contributed by atoms with E-state index in [1.807, 2.05) is 24.3 Å². The van der Waals surface area contributed by atoms with E-state index < -0.39 is 0 Å². The average Bonchev–Trinajstić information content (AvgIpc) is 3.54. The summed E-state index contributed by atoms with van der Waals surface area (Å²) >= 11 is 0. The Morgan fingerprint density at radius 1 is 0.758 bits per heavy atom. The molecule has 0 bridgehead atoms. The molecule has 7 rings (SSSR count).